The zero-order valence-electron chi connectivity index (χ0n) is 10.2. The minimum Gasteiger partial charge on any atom is -0.468 e. The summed E-state index contributed by atoms with van der Waals surface area (Å²) in [6.45, 7) is 4.50. The summed E-state index contributed by atoms with van der Waals surface area (Å²) in [6.07, 6.45) is 0. The summed E-state index contributed by atoms with van der Waals surface area (Å²) in [5.74, 6) is -0.0880. The summed E-state index contributed by atoms with van der Waals surface area (Å²) < 4.78 is 4.74. The Kier molecular flexibility index (Phi) is 5.13. The van der Waals surface area contributed by atoms with Crippen molar-refractivity contribution in [1.29, 1.82) is 5.26 Å². The molecule has 0 amide bonds. The van der Waals surface area contributed by atoms with Crippen molar-refractivity contribution in [3.05, 3.63) is 21.9 Å². The fourth-order valence-electron chi connectivity index (χ4n) is 1.46. The molecule has 1 N–H and O–H groups in total. The SMILES string of the molecule is COC(=O)C(NCc1ccc(C#N)s1)C(C)C. The third kappa shape index (κ3) is 3.84. The highest BCUT2D eigenvalue weighted by molar-refractivity contribution is 7.12. The van der Waals surface area contributed by atoms with E-state index in [2.05, 4.69) is 11.4 Å². The van der Waals surface area contributed by atoms with E-state index < -0.39 is 0 Å². The van der Waals surface area contributed by atoms with Crippen LogP contribution in [0.15, 0.2) is 12.1 Å². The summed E-state index contributed by atoms with van der Waals surface area (Å²) in [6, 6.07) is 5.45. The summed E-state index contributed by atoms with van der Waals surface area (Å²) in [5, 5.41) is 11.9. The topological polar surface area (TPSA) is 62.1 Å². The highest BCUT2D eigenvalue weighted by Gasteiger charge is 2.22. The van der Waals surface area contributed by atoms with Gasteiger partial charge in [-0.2, -0.15) is 5.26 Å². The Morgan fingerprint density at radius 2 is 2.29 bits per heavy atom. The molecule has 1 rings (SSSR count). The standard InChI is InChI=1S/C12H16N2O2S/c1-8(2)11(12(15)16-3)14-7-10-5-4-9(6-13)17-10/h4-5,8,11,14H,7H2,1-3H3. The van der Waals surface area contributed by atoms with Gasteiger partial charge in [0, 0.05) is 11.4 Å². The van der Waals surface area contributed by atoms with Crippen molar-refractivity contribution in [1.82, 2.24) is 5.32 Å². The van der Waals surface area contributed by atoms with Crippen LogP contribution < -0.4 is 5.32 Å². The third-order valence-corrected chi connectivity index (χ3v) is 3.38. The molecule has 4 nitrogen and oxygen atoms in total. The van der Waals surface area contributed by atoms with E-state index in [1.807, 2.05) is 19.9 Å². The smallest absolute Gasteiger partial charge is 0.323 e. The molecular weight excluding hydrogens is 236 g/mol. The average molecular weight is 252 g/mol. The van der Waals surface area contributed by atoms with Gasteiger partial charge >= 0.3 is 5.97 Å². The zero-order valence-corrected chi connectivity index (χ0v) is 11.0. The Balaban J connectivity index is 2.58. The van der Waals surface area contributed by atoms with Crippen LogP contribution in [0, 0.1) is 17.2 Å². The molecule has 0 radical (unpaired) electrons. The number of hydrogen-bond acceptors (Lipinski definition) is 5. The highest BCUT2D eigenvalue weighted by atomic mass is 32.1. The molecule has 92 valence electrons. The van der Waals surface area contributed by atoms with Gasteiger partial charge in [-0.25, -0.2) is 0 Å². The normalized spacial score (nSPS) is 12.2. The Bertz CT molecular complexity index is 420. The van der Waals surface area contributed by atoms with Crippen LogP contribution in [0.4, 0.5) is 0 Å². The van der Waals surface area contributed by atoms with E-state index in [1.165, 1.54) is 18.4 Å². The number of thiophene rings is 1. The first-order valence-electron chi connectivity index (χ1n) is 5.38. The molecule has 0 bridgehead atoms. The maximum atomic E-state index is 11.5. The molecule has 1 aromatic rings. The van der Waals surface area contributed by atoms with Gasteiger partial charge in [-0.3, -0.25) is 10.1 Å². The van der Waals surface area contributed by atoms with Gasteiger partial charge in [0.2, 0.25) is 0 Å². The lowest BCUT2D eigenvalue weighted by Crippen LogP contribution is -2.41. The predicted octanol–water partition coefficient (Wildman–Crippen LogP) is 1.91. The van der Waals surface area contributed by atoms with E-state index in [-0.39, 0.29) is 17.9 Å². The molecule has 0 aromatic carbocycles. The largest absolute Gasteiger partial charge is 0.468 e. The van der Waals surface area contributed by atoms with Gasteiger partial charge in [0.15, 0.2) is 0 Å². The van der Waals surface area contributed by atoms with Crippen LogP contribution in [-0.4, -0.2) is 19.1 Å². The fourth-order valence-corrected chi connectivity index (χ4v) is 2.22. The van der Waals surface area contributed by atoms with E-state index in [1.54, 1.807) is 6.07 Å². The second-order valence-corrected chi connectivity index (χ2v) is 5.17. The molecule has 0 saturated carbocycles. The number of nitrogens with zero attached hydrogens (tertiary/aromatic N) is 1. The van der Waals surface area contributed by atoms with Gasteiger partial charge in [-0.1, -0.05) is 13.8 Å². The Morgan fingerprint density at radius 1 is 1.59 bits per heavy atom. The van der Waals surface area contributed by atoms with Crippen molar-refractivity contribution in [3.63, 3.8) is 0 Å². The van der Waals surface area contributed by atoms with Crippen LogP contribution in [0.3, 0.4) is 0 Å². The van der Waals surface area contributed by atoms with Crippen molar-refractivity contribution in [2.24, 2.45) is 5.92 Å². The molecule has 0 aliphatic heterocycles. The lowest BCUT2D eigenvalue weighted by molar-refractivity contribution is -0.144. The summed E-state index contributed by atoms with van der Waals surface area (Å²) in [7, 11) is 1.39. The van der Waals surface area contributed by atoms with Crippen LogP contribution >= 0.6 is 11.3 Å². The van der Waals surface area contributed by atoms with Crippen LogP contribution in [0.1, 0.15) is 23.6 Å². The Labute approximate surface area is 105 Å². The molecular formula is C12H16N2O2S. The van der Waals surface area contributed by atoms with Crippen LogP contribution in [0.2, 0.25) is 0 Å². The molecule has 1 atom stereocenters. The molecule has 0 aliphatic carbocycles. The second-order valence-electron chi connectivity index (χ2n) is 4.00. The van der Waals surface area contributed by atoms with Crippen LogP contribution in [-0.2, 0) is 16.1 Å². The second kappa shape index (κ2) is 6.38. The first-order chi connectivity index (χ1) is 8.08. The number of carbonyl (C=O) groups excluding carboxylic acids is 1. The van der Waals surface area contributed by atoms with Gasteiger partial charge in [-0.05, 0) is 18.1 Å². The summed E-state index contributed by atoms with van der Waals surface area (Å²) >= 11 is 1.43. The van der Waals surface area contributed by atoms with Gasteiger partial charge in [0.25, 0.3) is 0 Å². The van der Waals surface area contributed by atoms with Gasteiger partial charge in [0.05, 0.1) is 7.11 Å². The Hall–Kier alpha value is -1.38. The number of rotatable bonds is 5. The van der Waals surface area contributed by atoms with Crippen LogP contribution in [0.5, 0.6) is 0 Å². The van der Waals surface area contributed by atoms with E-state index in [9.17, 15) is 4.79 Å². The van der Waals surface area contributed by atoms with E-state index >= 15 is 0 Å². The molecule has 1 heterocycles. The number of nitrogens with one attached hydrogen (secondary N) is 1. The van der Waals surface area contributed by atoms with Crippen molar-refractivity contribution in [2.45, 2.75) is 26.4 Å². The number of ether oxygens (including phenoxy) is 1. The average Bonchev–Trinajstić information content (AvgIpc) is 2.76. The zero-order chi connectivity index (χ0) is 12.8. The maximum Gasteiger partial charge on any atom is 0.323 e. The van der Waals surface area contributed by atoms with Crippen molar-refractivity contribution in [2.75, 3.05) is 7.11 Å². The lowest BCUT2D eigenvalue weighted by Gasteiger charge is -2.19. The quantitative estimate of drug-likeness (QED) is 0.813. The van der Waals surface area contributed by atoms with Crippen molar-refractivity contribution >= 4 is 17.3 Å². The molecule has 17 heavy (non-hydrogen) atoms. The number of methoxy groups -OCH3 is 1. The molecule has 1 unspecified atom stereocenters. The number of nitriles is 1. The minimum atomic E-state index is -0.312. The van der Waals surface area contributed by atoms with E-state index in [4.69, 9.17) is 10.00 Å². The van der Waals surface area contributed by atoms with E-state index in [0.29, 0.717) is 11.4 Å². The molecule has 0 saturated heterocycles. The molecule has 1 aromatic heterocycles. The molecule has 0 aliphatic rings. The lowest BCUT2D eigenvalue weighted by atomic mass is 10.0. The highest BCUT2D eigenvalue weighted by Crippen LogP contribution is 2.15. The maximum absolute atomic E-state index is 11.5. The summed E-state index contributed by atoms with van der Waals surface area (Å²) in [5.41, 5.74) is 0. The first kappa shape index (κ1) is 13.7. The monoisotopic (exact) mass is 252 g/mol. The predicted molar refractivity (Wildman–Crippen MR) is 66.5 cm³/mol. The fraction of sp³-hybridized carbons (Fsp3) is 0.500. The van der Waals surface area contributed by atoms with E-state index in [0.717, 1.165) is 4.88 Å². The molecule has 5 heteroatoms. The van der Waals surface area contributed by atoms with Crippen molar-refractivity contribution in [3.8, 4) is 6.07 Å². The van der Waals surface area contributed by atoms with Crippen molar-refractivity contribution < 1.29 is 9.53 Å². The van der Waals surface area contributed by atoms with Gasteiger partial charge in [0.1, 0.15) is 17.0 Å². The molecule has 0 fully saturated rings. The number of hydrogen-bond donors (Lipinski definition) is 1. The van der Waals surface area contributed by atoms with Crippen LogP contribution in [0.25, 0.3) is 0 Å². The number of carbonyl (C=O) groups is 1. The molecule has 0 spiro atoms. The van der Waals surface area contributed by atoms with Gasteiger partial charge in [-0.15, -0.1) is 11.3 Å². The minimum absolute atomic E-state index is 0.165. The number of esters is 1. The third-order valence-electron chi connectivity index (χ3n) is 2.39. The first-order valence-corrected chi connectivity index (χ1v) is 6.20. The Morgan fingerprint density at radius 3 is 2.76 bits per heavy atom. The summed E-state index contributed by atoms with van der Waals surface area (Å²) in [4.78, 5) is 13.2. The van der Waals surface area contributed by atoms with Gasteiger partial charge < -0.3 is 4.74 Å².